The summed E-state index contributed by atoms with van der Waals surface area (Å²) in [5.41, 5.74) is 8.34. The maximum absolute atomic E-state index is 12.5. The van der Waals surface area contributed by atoms with E-state index in [1.807, 2.05) is 31.4 Å². The van der Waals surface area contributed by atoms with Crippen molar-refractivity contribution < 1.29 is 9.53 Å². The first-order chi connectivity index (χ1) is 11.1. The van der Waals surface area contributed by atoms with Crippen molar-refractivity contribution in [2.45, 2.75) is 25.3 Å². The van der Waals surface area contributed by atoms with Gasteiger partial charge >= 0.3 is 0 Å². The highest BCUT2D eigenvalue weighted by molar-refractivity contribution is 5.86. The number of nitrogens with zero attached hydrogens (tertiary/aromatic N) is 1. The van der Waals surface area contributed by atoms with Gasteiger partial charge in [0.25, 0.3) is 0 Å². The first-order valence-corrected chi connectivity index (χ1v) is 8.28. The van der Waals surface area contributed by atoms with Crippen LogP contribution in [-0.2, 0) is 16.0 Å². The van der Waals surface area contributed by atoms with Crippen molar-refractivity contribution in [1.29, 1.82) is 0 Å². The number of carbonyl (C=O) groups excluding carboxylic acids is 1. The number of likely N-dealkylation sites (N-methyl/N-ethyl adjacent to an activating group) is 1. The molecule has 1 saturated heterocycles. The highest BCUT2D eigenvalue weighted by atomic mass is 35.5. The van der Waals surface area contributed by atoms with Crippen molar-refractivity contribution in [2.75, 3.05) is 26.8 Å². The first-order valence-electron chi connectivity index (χ1n) is 8.28. The molecule has 2 aromatic rings. The summed E-state index contributed by atoms with van der Waals surface area (Å²) in [6.45, 7) is 2.31. The zero-order valence-electron chi connectivity index (χ0n) is 14.0. The molecule has 0 aliphatic carbocycles. The summed E-state index contributed by atoms with van der Waals surface area (Å²) < 4.78 is 5.48. The summed E-state index contributed by atoms with van der Waals surface area (Å²) in [5, 5.41) is 1.14. The zero-order valence-corrected chi connectivity index (χ0v) is 14.8. The largest absolute Gasteiger partial charge is 0.381 e. The standard InChI is InChI=1S/C18H25N3O2.ClH/c1-21(11-13-5-4-8-23-12-13)18(22)16(19)9-14-10-20-17-7-3-2-6-15(14)17;/h2-3,6-7,10,13,16,20H,4-5,8-9,11-12,19H2,1H3;1H/t13?,16-;/m0./s1. The lowest BCUT2D eigenvalue weighted by molar-refractivity contribution is -0.132. The molecule has 1 unspecified atom stereocenters. The number of carbonyl (C=O) groups is 1. The van der Waals surface area contributed by atoms with Gasteiger partial charge in [0.05, 0.1) is 12.6 Å². The lowest BCUT2D eigenvalue weighted by Crippen LogP contribution is -2.45. The third kappa shape index (κ3) is 4.29. The van der Waals surface area contributed by atoms with E-state index in [9.17, 15) is 4.79 Å². The number of benzene rings is 1. The van der Waals surface area contributed by atoms with Crippen LogP contribution in [0.1, 0.15) is 18.4 Å². The summed E-state index contributed by atoms with van der Waals surface area (Å²) in [5.74, 6) is 0.429. The smallest absolute Gasteiger partial charge is 0.239 e. The third-order valence-electron chi connectivity index (χ3n) is 4.59. The van der Waals surface area contributed by atoms with E-state index < -0.39 is 6.04 Å². The molecule has 1 amide bonds. The minimum Gasteiger partial charge on any atom is -0.381 e. The molecule has 1 aromatic heterocycles. The number of amides is 1. The molecule has 1 aliphatic rings. The fourth-order valence-corrected chi connectivity index (χ4v) is 3.34. The number of hydrogen-bond acceptors (Lipinski definition) is 3. The predicted molar refractivity (Wildman–Crippen MR) is 98.4 cm³/mol. The minimum absolute atomic E-state index is 0. The van der Waals surface area contributed by atoms with Gasteiger partial charge in [0.2, 0.25) is 5.91 Å². The summed E-state index contributed by atoms with van der Waals surface area (Å²) >= 11 is 0. The number of halogens is 1. The van der Waals surface area contributed by atoms with Crippen LogP contribution in [0.15, 0.2) is 30.5 Å². The number of H-pyrrole nitrogens is 1. The van der Waals surface area contributed by atoms with E-state index >= 15 is 0 Å². The number of fused-ring (bicyclic) bond motifs is 1. The summed E-state index contributed by atoms with van der Waals surface area (Å²) in [7, 11) is 1.84. The van der Waals surface area contributed by atoms with Gasteiger partial charge < -0.3 is 20.4 Å². The molecule has 0 spiro atoms. The Balaban J connectivity index is 0.00000208. The summed E-state index contributed by atoms with van der Waals surface area (Å²) in [6, 6.07) is 7.57. The molecule has 132 valence electrons. The average molecular weight is 352 g/mol. The van der Waals surface area contributed by atoms with Gasteiger partial charge in [-0.2, -0.15) is 0 Å². The fraction of sp³-hybridized carbons (Fsp3) is 0.500. The van der Waals surface area contributed by atoms with E-state index in [2.05, 4.69) is 11.1 Å². The molecule has 6 heteroatoms. The molecular weight excluding hydrogens is 326 g/mol. The molecular formula is C18H26ClN3O2. The molecule has 2 heterocycles. The Bertz CT molecular complexity index is 667. The Labute approximate surface area is 148 Å². The topological polar surface area (TPSA) is 71.3 Å². The van der Waals surface area contributed by atoms with Crippen LogP contribution < -0.4 is 5.73 Å². The van der Waals surface area contributed by atoms with Crippen molar-refractivity contribution in [2.24, 2.45) is 11.7 Å². The van der Waals surface area contributed by atoms with Crippen molar-refractivity contribution in [3.8, 4) is 0 Å². The van der Waals surface area contributed by atoms with Gasteiger partial charge in [-0.05, 0) is 36.8 Å². The van der Waals surface area contributed by atoms with Gasteiger partial charge in [-0.1, -0.05) is 18.2 Å². The Morgan fingerprint density at radius 3 is 3.00 bits per heavy atom. The number of ether oxygens (including phenoxy) is 1. The zero-order chi connectivity index (χ0) is 16.2. The van der Waals surface area contributed by atoms with E-state index in [4.69, 9.17) is 10.5 Å². The van der Waals surface area contributed by atoms with Crippen LogP contribution in [0.25, 0.3) is 10.9 Å². The van der Waals surface area contributed by atoms with Gasteiger partial charge in [0.15, 0.2) is 0 Å². The van der Waals surface area contributed by atoms with E-state index in [-0.39, 0.29) is 18.3 Å². The molecule has 0 radical (unpaired) electrons. The Kier molecular flexibility index (Phi) is 6.66. The Hall–Kier alpha value is -1.56. The maximum atomic E-state index is 12.5. The maximum Gasteiger partial charge on any atom is 0.239 e. The normalized spacial score (nSPS) is 18.8. The monoisotopic (exact) mass is 351 g/mol. The van der Waals surface area contributed by atoms with E-state index in [1.54, 1.807) is 4.90 Å². The summed E-state index contributed by atoms with van der Waals surface area (Å²) in [4.78, 5) is 17.5. The molecule has 3 rings (SSSR count). The number of para-hydroxylation sites is 1. The molecule has 5 nitrogen and oxygen atoms in total. The van der Waals surface area contributed by atoms with Crippen molar-refractivity contribution in [3.63, 3.8) is 0 Å². The Morgan fingerprint density at radius 2 is 2.25 bits per heavy atom. The van der Waals surface area contributed by atoms with Crippen LogP contribution in [0.4, 0.5) is 0 Å². The van der Waals surface area contributed by atoms with Gasteiger partial charge in [0.1, 0.15) is 0 Å². The third-order valence-corrected chi connectivity index (χ3v) is 4.59. The molecule has 2 atom stereocenters. The van der Waals surface area contributed by atoms with Crippen LogP contribution in [0.2, 0.25) is 0 Å². The van der Waals surface area contributed by atoms with Gasteiger partial charge in [-0.15, -0.1) is 12.4 Å². The molecule has 1 aromatic carbocycles. The van der Waals surface area contributed by atoms with Gasteiger partial charge in [0, 0.05) is 37.3 Å². The Morgan fingerprint density at radius 1 is 1.46 bits per heavy atom. The van der Waals surface area contributed by atoms with Gasteiger partial charge in [-0.3, -0.25) is 4.79 Å². The quantitative estimate of drug-likeness (QED) is 0.868. The molecule has 24 heavy (non-hydrogen) atoms. The van der Waals surface area contributed by atoms with E-state index in [0.717, 1.165) is 49.1 Å². The lowest BCUT2D eigenvalue weighted by atomic mass is 10.0. The predicted octanol–water partition coefficient (Wildman–Crippen LogP) is 2.34. The number of hydrogen-bond donors (Lipinski definition) is 2. The number of aromatic amines is 1. The van der Waals surface area contributed by atoms with Crippen LogP contribution in [-0.4, -0.2) is 48.6 Å². The summed E-state index contributed by atoms with van der Waals surface area (Å²) in [6.07, 6.45) is 4.70. The molecule has 3 N–H and O–H groups in total. The van der Waals surface area contributed by atoms with Crippen molar-refractivity contribution >= 4 is 29.2 Å². The molecule has 1 aliphatic heterocycles. The number of aromatic nitrogens is 1. The van der Waals surface area contributed by atoms with Gasteiger partial charge in [-0.25, -0.2) is 0 Å². The van der Waals surface area contributed by atoms with Crippen LogP contribution >= 0.6 is 12.4 Å². The molecule has 0 bridgehead atoms. The average Bonchev–Trinajstić information content (AvgIpc) is 2.98. The van der Waals surface area contributed by atoms with E-state index in [0.29, 0.717) is 12.3 Å². The first kappa shape index (κ1) is 18.8. The fourth-order valence-electron chi connectivity index (χ4n) is 3.34. The SMILES string of the molecule is CN(CC1CCCOC1)C(=O)[C@@H](N)Cc1c[nH]c2ccccc12.Cl. The van der Waals surface area contributed by atoms with Crippen molar-refractivity contribution in [1.82, 2.24) is 9.88 Å². The second-order valence-corrected chi connectivity index (χ2v) is 6.47. The van der Waals surface area contributed by atoms with Crippen LogP contribution in [0, 0.1) is 5.92 Å². The molecule has 0 saturated carbocycles. The second-order valence-electron chi connectivity index (χ2n) is 6.47. The minimum atomic E-state index is -0.510. The van der Waals surface area contributed by atoms with E-state index in [1.165, 1.54) is 0 Å². The van der Waals surface area contributed by atoms with Crippen LogP contribution in [0.5, 0.6) is 0 Å². The van der Waals surface area contributed by atoms with Crippen LogP contribution in [0.3, 0.4) is 0 Å². The highest BCUT2D eigenvalue weighted by Crippen LogP contribution is 2.19. The number of nitrogens with two attached hydrogens (primary N) is 1. The molecule has 1 fully saturated rings. The highest BCUT2D eigenvalue weighted by Gasteiger charge is 2.23. The number of rotatable bonds is 5. The lowest BCUT2D eigenvalue weighted by Gasteiger charge is -2.28. The number of nitrogens with one attached hydrogen (secondary N) is 1. The second kappa shape index (κ2) is 8.51. The van der Waals surface area contributed by atoms with Crippen molar-refractivity contribution in [3.05, 3.63) is 36.0 Å².